The first-order valence-corrected chi connectivity index (χ1v) is 8.91. The Hall–Kier alpha value is -3.35. The molecule has 140 valence electrons. The molecule has 2 N–H and O–H groups in total. The number of hydrogen-bond donors (Lipinski definition) is 2. The maximum absolute atomic E-state index is 12.5. The summed E-state index contributed by atoms with van der Waals surface area (Å²) in [7, 11) is 0. The Balaban J connectivity index is 1.68. The van der Waals surface area contributed by atoms with E-state index >= 15 is 0 Å². The molecular weight excluding hydrogens is 342 g/mol. The molecule has 3 rings (SSSR count). The summed E-state index contributed by atoms with van der Waals surface area (Å²) < 4.78 is 5.03. The molecule has 7 heteroatoms. The van der Waals surface area contributed by atoms with E-state index in [1.807, 2.05) is 31.2 Å². The number of benzene rings is 1. The first-order valence-electron chi connectivity index (χ1n) is 8.91. The van der Waals surface area contributed by atoms with E-state index in [9.17, 15) is 4.79 Å². The number of carbonyl (C=O) groups is 1. The van der Waals surface area contributed by atoms with Crippen LogP contribution in [-0.4, -0.2) is 29.1 Å². The molecule has 0 bridgehead atoms. The maximum atomic E-state index is 12.5. The predicted molar refractivity (Wildman–Crippen MR) is 107 cm³/mol. The van der Waals surface area contributed by atoms with Crippen LogP contribution in [0.25, 0.3) is 0 Å². The van der Waals surface area contributed by atoms with Crippen molar-refractivity contribution >= 4 is 28.8 Å². The van der Waals surface area contributed by atoms with Gasteiger partial charge in [-0.3, -0.25) is 9.78 Å². The highest BCUT2D eigenvalue weighted by molar-refractivity contribution is 6.03. The van der Waals surface area contributed by atoms with Crippen LogP contribution in [0.15, 0.2) is 53.2 Å². The van der Waals surface area contributed by atoms with Crippen molar-refractivity contribution in [1.29, 1.82) is 0 Å². The molecular formula is C20H23N5O2. The first-order chi connectivity index (χ1) is 13.1. The Morgan fingerprint density at radius 3 is 2.44 bits per heavy atom. The number of aromatic nitrogens is 2. The molecule has 3 aromatic rings. The summed E-state index contributed by atoms with van der Waals surface area (Å²) in [6, 6.07) is 13.0. The molecule has 0 aliphatic heterocycles. The molecule has 2 heterocycles. The van der Waals surface area contributed by atoms with Gasteiger partial charge in [0.2, 0.25) is 0 Å². The zero-order chi connectivity index (χ0) is 19.2. The van der Waals surface area contributed by atoms with Crippen molar-refractivity contribution in [2.75, 3.05) is 28.6 Å². The van der Waals surface area contributed by atoms with Gasteiger partial charge < -0.3 is 20.1 Å². The quantitative estimate of drug-likeness (QED) is 0.652. The van der Waals surface area contributed by atoms with Gasteiger partial charge in [0.1, 0.15) is 11.5 Å². The molecule has 1 amide bonds. The van der Waals surface area contributed by atoms with Gasteiger partial charge in [-0.1, -0.05) is 5.16 Å². The van der Waals surface area contributed by atoms with Crippen LogP contribution in [0.2, 0.25) is 0 Å². The SMILES string of the molecule is CCN(CC)c1ccc(NC(=O)c2cc(Nc3cc(C)on3)ccn2)cc1. The van der Waals surface area contributed by atoms with E-state index in [0.29, 0.717) is 23.0 Å². The third-order valence-electron chi connectivity index (χ3n) is 4.15. The zero-order valence-electron chi connectivity index (χ0n) is 15.7. The number of carbonyl (C=O) groups excluding carboxylic acids is 1. The van der Waals surface area contributed by atoms with Crippen LogP contribution in [0.3, 0.4) is 0 Å². The highest BCUT2D eigenvalue weighted by Crippen LogP contribution is 2.19. The van der Waals surface area contributed by atoms with Crippen LogP contribution < -0.4 is 15.5 Å². The monoisotopic (exact) mass is 365 g/mol. The van der Waals surface area contributed by atoms with Crippen LogP contribution in [0.5, 0.6) is 0 Å². The van der Waals surface area contributed by atoms with E-state index in [0.717, 1.165) is 24.5 Å². The second-order valence-electron chi connectivity index (χ2n) is 6.05. The van der Waals surface area contributed by atoms with Gasteiger partial charge >= 0.3 is 0 Å². The lowest BCUT2D eigenvalue weighted by Gasteiger charge is -2.21. The zero-order valence-corrected chi connectivity index (χ0v) is 15.7. The van der Waals surface area contributed by atoms with Crippen molar-refractivity contribution < 1.29 is 9.32 Å². The minimum Gasteiger partial charge on any atom is -0.372 e. The Kier molecular flexibility index (Phi) is 5.71. The fraction of sp³-hybridized carbons (Fsp3) is 0.250. The standard InChI is InChI=1S/C20H23N5O2/c1-4-25(5-2)17-8-6-15(7-9-17)23-20(26)18-13-16(10-11-21-18)22-19-12-14(3)27-24-19/h6-13H,4-5H2,1-3H3,(H,23,26)(H,21,22,24). The molecule has 7 nitrogen and oxygen atoms in total. The number of anilines is 4. The molecule has 0 radical (unpaired) electrons. The number of amides is 1. The predicted octanol–water partition coefficient (Wildman–Crippen LogP) is 4.22. The summed E-state index contributed by atoms with van der Waals surface area (Å²) >= 11 is 0. The van der Waals surface area contributed by atoms with Crippen molar-refractivity contribution in [1.82, 2.24) is 10.1 Å². The van der Waals surface area contributed by atoms with Gasteiger partial charge in [0.25, 0.3) is 5.91 Å². The Bertz CT molecular complexity index is 901. The molecule has 0 unspecified atom stereocenters. The molecule has 0 aliphatic rings. The van der Waals surface area contributed by atoms with Gasteiger partial charge in [0.15, 0.2) is 5.82 Å². The smallest absolute Gasteiger partial charge is 0.274 e. The van der Waals surface area contributed by atoms with Crippen LogP contribution in [0.4, 0.5) is 22.9 Å². The van der Waals surface area contributed by atoms with Gasteiger partial charge in [-0.25, -0.2) is 0 Å². The molecule has 0 fully saturated rings. The Morgan fingerprint density at radius 2 is 1.81 bits per heavy atom. The van der Waals surface area contributed by atoms with Crippen LogP contribution in [-0.2, 0) is 0 Å². The van der Waals surface area contributed by atoms with Gasteiger partial charge in [-0.15, -0.1) is 0 Å². The Morgan fingerprint density at radius 1 is 1.07 bits per heavy atom. The summed E-state index contributed by atoms with van der Waals surface area (Å²) in [5.74, 6) is 1.01. The molecule has 2 aromatic heterocycles. The lowest BCUT2D eigenvalue weighted by atomic mass is 10.2. The average Bonchev–Trinajstić information content (AvgIpc) is 3.09. The molecule has 0 atom stereocenters. The fourth-order valence-corrected chi connectivity index (χ4v) is 2.75. The van der Waals surface area contributed by atoms with Crippen molar-refractivity contribution in [2.24, 2.45) is 0 Å². The van der Waals surface area contributed by atoms with Gasteiger partial charge in [0, 0.05) is 42.4 Å². The molecule has 1 aromatic carbocycles. The van der Waals surface area contributed by atoms with E-state index in [-0.39, 0.29) is 5.91 Å². The third-order valence-corrected chi connectivity index (χ3v) is 4.15. The molecule has 0 saturated carbocycles. The van der Waals surface area contributed by atoms with E-state index in [2.05, 4.69) is 39.5 Å². The van der Waals surface area contributed by atoms with Crippen LogP contribution >= 0.6 is 0 Å². The lowest BCUT2D eigenvalue weighted by molar-refractivity contribution is 0.102. The van der Waals surface area contributed by atoms with E-state index in [1.54, 1.807) is 24.4 Å². The lowest BCUT2D eigenvalue weighted by Crippen LogP contribution is -2.21. The maximum Gasteiger partial charge on any atom is 0.274 e. The van der Waals surface area contributed by atoms with E-state index in [1.165, 1.54) is 0 Å². The van der Waals surface area contributed by atoms with Gasteiger partial charge in [-0.05, 0) is 57.2 Å². The van der Waals surface area contributed by atoms with Crippen molar-refractivity contribution in [3.8, 4) is 0 Å². The van der Waals surface area contributed by atoms with Crippen LogP contribution in [0, 0.1) is 6.92 Å². The van der Waals surface area contributed by atoms with Crippen molar-refractivity contribution in [3.05, 3.63) is 60.1 Å². The summed E-state index contributed by atoms with van der Waals surface area (Å²) in [6.07, 6.45) is 1.58. The highest BCUT2D eigenvalue weighted by Gasteiger charge is 2.10. The molecule has 27 heavy (non-hydrogen) atoms. The van der Waals surface area contributed by atoms with E-state index in [4.69, 9.17) is 4.52 Å². The number of rotatable bonds is 7. The summed E-state index contributed by atoms with van der Waals surface area (Å²) in [5.41, 5.74) is 2.88. The second-order valence-corrected chi connectivity index (χ2v) is 6.05. The number of aryl methyl sites for hydroxylation is 1. The topological polar surface area (TPSA) is 83.3 Å². The molecule has 0 saturated heterocycles. The number of nitrogens with zero attached hydrogens (tertiary/aromatic N) is 3. The minimum absolute atomic E-state index is 0.273. The largest absolute Gasteiger partial charge is 0.372 e. The highest BCUT2D eigenvalue weighted by atomic mass is 16.5. The summed E-state index contributed by atoms with van der Waals surface area (Å²) in [5, 5.41) is 9.84. The summed E-state index contributed by atoms with van der Waals surface area (Å²) in [4.78, 5) is 18.9. The van der Waals surface area contributed by atoms with Crippen molar-refractivity contribution in [3.63, 3.8) is 0 Å². The minimum atomic E-state index is -0.273. The Labute approximate surface area is 158 Å². The van der Waals surface area contributed by atoms with Gasteiger partial charge in [-0.2, -0.15) is 0 Å². The first kappa shape index (κ1) is 18.4. The van der Waals surface area contributed by atoms with Gasteiger partial charge in [0.05, 0.1) is 0 Å². The fourth-order valence-electron chi connectivity index (χ4n) is 2.75. The number of pyridine rings is 1. The van der Waals surface area contributed by atoms with Crippen molar-refractivity contribution in [2.45, 2.75) is 20.8 Å². The van der Waals surface area contributed by atoms with E-state index < -0.39 is 0 Å². The summed E-state index contributed by atoms with van der Waals surface area (Å²) in [6.45, 7) is 7.93. The third kappa shape index (κ3) is 4.63. The number of hydrogen-bond acceptors (Lipinski definition) is 6. The second kappa shape index (κ2) is 8.35. The molecule has 0 spiro atoms. The normalized spacial score (nSPS) is 10.5. The average molecular weight is 365 g/mol. The molecule has 0 aliphatic carbocycles. The van der Waals surface area contributed by atoms with Crippen LogP contribution in [0.1, 0.15) is 30.1 Å². The number of nitrogens with one attached hydrogen (secondary N) is 2.